The zero-order valence-corrected chi connectivity index (χ0v) is 16.7. The van der Waals surface area contributed by atoms with Gasteiger partial charge in [0.15, 0.2) is 5.96 Å². The summed E-state index contributed by atoms with van der Waals surface area (Å²) in [6.45, 7) is 2.74. The highest BCUT2D eigenvalue weighted by molar-refractivity contribution is 14.0. The molecule has 0 saturated heterocycles. The Morgan fingerprint density at radius 3 is 2.83 bits per heavy atom. The van der Waals surface area contributed by atoms with Gasteiger partial charge in [-0.1, -0.05) is 24.3 Å². The maximum atomic E-state index is 4.47. The minimum absolute atomic E-state index is 0. The summed E-state index contributed by atoms with van der Waals surface area (Å²) in [5, 5.41) is 10.1. The summed E-state index contributed by atoms with van der Waals surface area (Å²) in [5.74, 6) is 0.859. The van der Waals surface area contributed by atoms with Crippen LogP contribution in [0.5, 0.6) is 0 Å². The Hall–Kier alpha value is -1.15. The molecule has 23 heavy (non-hydrogen) atoms. The van der Waals surface area contributed by atoms with Crippen LogP contribution in [-0.2, 0) is 19.4 Å². The number of thiazole rings is 1. The number of aromatic nitrogens is 1. The molecule has 0 aliphatic heterocycles. The first-order chi connectivity index (χ1) is 10.7. The average Bonchev–Trinajstić information content (AvgIpc) is 2.96. The van der Waals surface area contributed by atoms with E-state index in [0.29, 0.717) is 6.04 Å². The average molecular weight is 442 g/mol. The molecule has 0 fully saturated rings. The number of rotatable bonds is 3. The number of halogens is 1. The van der Waals surface area contributed by atoms with Crippen molar-refractivity contribution in [1.29, 1.82) is 0 Å². The summed E-state index contributed by atoms with van der Waals surface area (Å²) >= 11 is 1.68. The van der Waals surface area contributed by atoms with Crippen molar-refractivity contribution >= 4 is 41.3 Å². The molecular formula is C17H23IN4S. The summed E-state index contributed by atoms with van der Waals surface area (Å²) in [6.07, 6.45) is 3.35. The van der Waals surface area contributed by atoms with E-state index >= 15 is 0 Å². The van der Waals surface area contributed by atoms with Gasteiger partial charge < -0.3 is 10.6 Å². The van der Waals surface area contributed by atoms with Gasteiger partial charge in [-0.05, 0) is 37.3 Å². The van der Waals surface area contributed by atoms with Gasteiger partial charge in [-0.25, -0.2) is 4.98 Å². The summed E-state index contributed by atoms with van der Waals surface area (Å²) in [6, 6.07) is 9.17. The van der Waals surface area contributed by atoms with E-state index in [1.165, 1.54) is 11.1 Å². The van der Waals surface area contributed by atoms with Gasteiger partial charge in [0.25, 0.3) is 0 Å². The topological polar surface area (TPSA) is 49.3 Å². The summed E-state index contributed by atoms with van der Waals surface area (Å²) < 4.78 is 0. The van der Waals surface area contributed by atoms with E-state index < -0.39 is 0 Å². The van der Waals surface area contributed by atoms with Gasteiger partial charge in [0.05, 0.1) is 6.54 Å². The molecule has 1 unspecified atom stereocenters. The molecule has 2 aromatic rings. The number of hydrogen-bond donors (Lipinski definition) is 2. The number of hydrogen-bond acceptors (Lipinski definition) is 3. The van der Waals surface area contributed by atoms with Gasteiger partial charge in [-0.3, -0.25) is 4.99 Å². The monoisotopic (exact) mass is 442 g/mol. The SMILES string of the molecule is CN=C(NCc1nc(C)cs1)NC1CCc2ccccc2C1.I. The lowest BCUT2D eigenvalue weighted by atomic mass is 9.88. The normalized spacial score (nSPS) is 17.1. The molecule has 6 heteroatoms. The van der Waals surface area contributed by atoms with Crippen LogP contribution in [0.1, 0.15) is 28.2 Å². The van der Waals surface area contributed by atoms with E-state index in [9.17, 15) is 0 Å². The van der Waals surface area contributed by atoms with E-state index in [2.05, 4.69) is 50.3 Å². The van der Waals surface area contributed by atoms with Crippen molar-refractivity contribution in [3.8, 4) is 0 Å². The van der Waals surface area contributed by atoms with Crippen molar-refractivity contribution in [2.75, 3.05) is 7.05 Å². The van der Waals surface area contributed by atoms with E-state index in [-0.39, 0.29) is 24.0 Å². The first kappa shape index (κ1) is 18.2. The number of benzene rings is 1. The Morgan fingerprint density at radius 1 is 1.35 bits per heavy atom. The van der Waals surface area contributed by atoms with Crippen LogP contribution < -0.4 is 10.6 Å². The van der Waals surface area contributed by atoms with Crippen molar-refractivity contribution in [1.82, 2.24) is 15.6 Å². The summed E-state index contributed by atoms with van der Waals surface area (Å²) in [7, 11) is 1.82. The van der Waals surface area contributed by atoms with Crippen molar-refractivity contribution in [3.05, 3.63) is 51.5 Å². The third-order valence-corrected chi connectivity index (χ3v) is 4.95. The molecule has 0 radical (unpaired) electrons. The highest BCUT2D eigenvalue weighted by atomic mass is 127. The minimum Gasteiger partial charge on any atom is -0.353 e. The number of fused-ring (bicyclic) bond motifs is 1. The zero-order chi connectivity index (χ0) is 15.4. The molecule has 2 N–H and O–H groups in total. The predicted octanol–water partition coefficient (Wildman–Crippen LogP) is 3.29. The standard InChI is InChI=1S/C17H22N4S.HI/c1-12-11-22-16(20-12)10-19-17(18-2)21-15-8-7-13-5-3-4-6-14(13)9-15;/h3-6,11,15H,7-10H2,1-2H3,(H2,18,19,21);1H. The lowest BCUT2D eigenvalue weighted by Crippen LogP contribution is -2.45. The number of nitrogens with zero attached hydrogens (tertiary/aromatic N) is 2. The number of nitrogens with one attached hydrogen (secondary N) is 2. The number of guanidine groups is 1. The Morgan fingerprint density at radius 2 is 2.13 bits per heavy atom. The van der Waals surface area contributed by atoms with E-state index in [1.807, 2.05) is 14.0 Å². The second-order valence-corrected chi connectivity index (χ2v) is 6.60. The van der Waals surface area contributed by atoms with Gasteiger partial charge in [-0.2, -0.15) is 0 Å². The van der Waals surface area contributed by atoms with Crippen molar-refractivity contribution in [2.45, 2.75) is 38.8 Å². The van der Waals surface area contributed by atoms with Gasteiger partial charge >= 0.3 is 0 Å². The van der Waals surface area contributed by atoms with Crippen LogP contribution in [0, 0.1) is 6.92 Å². The van der Waals surface area contributed by atoms with Crippen LogP contribution in [0.3, 0.4) is 0 Å². The second kappa shape index (κ2) is 8.63. The fourth-order valence-corrected chi connectivity index (χ4v) is 3.56. The van der Waals surface area contributed by atoms with Gasteiger partial charge in [0.1, 0.15) is 5.01 Å². The molecule has 1 atom stereocenters. The lowest BCUT2D eigenvalue weighted by Gasteiger charge is -2.27. The first-order valence-corrected chi connectivity index (χ1v) is 8.57. The number of aryl methyl sites for hydroxylation is 2. The maximum Gasteiger partial charge on any atom is 0.191 e. The van der Waals surface area contributed by atoms with Crippen LogP contribution in [0.4, 0.5) is 0 Å². The molecule has 1 aromatic heterocycles. The molecule has 1 aromatic carbocycles. The van der Waals surface area contributed by atoms with Gasteiger partial charge in [-0.15, -0.1) is 35.3 Å². The fraction of sp³-hybridized carbons (Fsp3) is 0.412. The van der Waals surface area contributed by atoms with Crippen molar-refractivity contribution in [3.63, 3.8) is 0 Å². The molecule has 1 aliphatic carbocycles. The van der Waals surface area contributed by atoms with Crippen LogP contribution in [-0.4, -0.2) is 24.0 Å². The Labute approximate surface area is 158 Å². The number of aliphatic imine (C=N–C) groups is 1. The third kappa shape index (κ3) is 4.91. The minimum atomic E-state index is 0. The Balaban J connectivity index is 0.00000192. The van der Waals surface area contributed by atoms with E-state index in [0.717, 1.165) is 42.5 Å². The first-order valence-electron chi connectivity index (χ1n) is 7.69. The lowest BCUT2D eigenvalue weighted by molar-refractivity contribution is 0.520. The third-order valence-electron chi connectivity index (χ3n) is 3.98. The van der Waals surface area contributed by atoms with Gasteiger partial charge in [0.2, 0.25) is 0 Å². The Bertz CT molecular complexity index is 668. The van der Waals surface area contributed by atoms with Crippen LogP contribution in [0.2, 0.25) is 0 Å². The predicted molar refractivity (Wildman–Crippen MR) is 108 cm³/mol. The molecule has 4 nitrogen and oxygen atoms in total. The molecule has 0 saturated carbocycles. The van der Waals surface area contributed by atoms with Crippen LogP contribution >= 0.6 is 35.3 Å². The molecule has 1 aliphatic rings. The maximum absolute atomic E-state index is 4.47. The summed E-state index contributed by atoms with van der Waals surface area (Å²) in [4.78, 5) is 8.80. The van der Waals surface area contributed by atoms with Crippen LogP contribution in [0.15, 0.2) is 34.6 Å². The highest BCUT2D eigenvalue weighted by Crippen LogP contribution is 2.20. The van der Waals surface area contributed by atoms with E-state index in [1.54, 1.807) is 11.3 Å². The molecule has 0 amide bonds. The molecule has 124 valence electrons. The Kier molecular flexibility index (Phi) is 6.83. The second-order valence-electron chi connectivity index (χ2n) is 5.66. The zero-order valence-electron chi connectivity index (χ0n) is 13.5. The van der Waals surface area contributed by atoms with Crippen LogP contribution in [0.25, 0.3) is 0 Å². The molecular weight excluding hydrogens is 419 g/mol. The molecule has 3 rings (SSSR count). The largest absolute Gasteiger partial charge is 0.353 e. The smallest absolute Gasteiger partial charge is 0.191 e. The molecule has 0 bridgehead atoms. The van der Waals surface area contributed by atoms with E-state index in [4.69, 9.17) is 0 Å². The molecule has 0 spiro atoms. The van der Waals surface area contributed by atoms with Crippen molar-refractivity contribution in [2.24, 2.45) is 4.99 Å². The van der Waals surface area contributed by atoms with Gasteiger partial charge in [0, 0.05) is 24.2 Å². The fourth-order valence-electron chi connectivity index (χ4n) is 2.85. The van der Waals surface area contributed by atoms with Crippen molar-refractivity contribution < 1.29 is 0 Å². The summed E-state index contributed by atoms with van der Waals surface area (Å²) in [5.41, 5.74) is 4.02. The highest BCUT2D eigenvalue weighted by Gasteiger charge is 2.18. The quantitative estimate of drug-likeness (QED) is 0.436. The molecule has 1 heterocycles.